The van der Waals surface area contributed by atoms with E-state index in [9.17, 15) is 4.79 Å². The molecule has 122 valence electrons. The van der Waals surface area contributed by atoms with E-state index in [-0.39, 0.29) is 12.5 Å². The molecule has 0 aliphatic rings. The van der Waals surface area contributed by atoms with Crippen LogP contribution in [0.2, 0.25) is 0 Å². The number of carbonyl (C=O) groups excluding carboxylic acids is 1. The maximum Gasteiger partial charge on any atom is 0.258 e. The molecule has 2 aromatic heterocycles. The Hall–Kier alpha value is -2.66. The summed E-state index contributed by atoms with van der Waals surface area (Å²) in [6.45, 7) is 2.42. The summed E-state index contributed by atoms with van der Waals surface area (Å²) >= 11 is 1.64. The molecule has 0 radical (unpaired) electrons. The van der Waals surface area contributed by atoms with Crippen molar-refractivity contribution < 1.29 is 9.53 Å². The quantitative estimate of drug-likeness (QED) is 0.743. The number of ether oxygens (including phenoxy) is 1. The predicted octanol–water partition coefficient (Wildman–Crippen LogP) is 3.81. The van der Waals surface area contributed by atoms with Gasteiger partial charge in [0.15, 0.2) is 6.61 Å². The minimum atomic E-state index is -0.146. The molecule has 5 heteroatoms. The predicted molar refractivity (Wildman–Crippen MR) is 96.1 cm³/mol. The first-order valence-corrected chi connectivity index (χ1v) is 8.59. The lowest BCUT2D eigenvalue weighted by Crippen LogP contribution is -2.28. The Morgan fingerprint density at radius 2 is 2.12 bits per heavy atom. The number of benzene rings is 1. The Morgan fingerprint density at radius 3 is 2.92 bits per heavy atom. The van der Waals surface area contributed by atoms with Gasteiger partial charge < -0.3 is 10.1 Å². The number of rotatable bonds is 6. The van der Waals surface area contributed by atoms with Crippen molar-refractivity contribution in [1.29, 1.82) is 0 Å². The molecule has 2 heterocycles. The van der Waals surface area contributed by atoms with E-state index in [0.29, 0.717) is 6.54 Å². The van der Waals surface area contributed by atoms with Crippen LogP contribution in [-0.4, -0.2) is 17.5 Å². The van der Waals surface area contributed by atoms with Gasteiger partial charge in [-0.3, -0.25) is 9.78 Å². The van der Waals surface area contributed by atoms with Crippen molar-refractivity contribution in [3.05, 3.63) is 70.5 Å². The van der Waals surface area contributed by atoms with E-state index in [0.717, 1.165) is 28.1 Å². The molecule has 0 bridgehead atoms. The highest BCUT2D eigenvalue weighted by atomic mass is 32.1. The SMILES string of the molecule is Cc1ccccc1OCC(=O)NCc1ccnc(-c2ccsc2)c1. The smallest absolute Gasteiger partial charge is 0.258 e. The second kappa shape index (κ2) is 7.75. The highest BCUT2D eigenvalue weighted by molar-refractivity contribution is 7.08. The molecule has 0 unspecified atom stereocenters. The maximum absolute atomic E-state index is 12.0. The van der Waals surface area contributed by atoms with E-state index < -0.39 is 0 Å². The molecule has 24 heavy (non-hydrogen) atoms. The van der Waals surface area contributed by atoms with Crippen LogP contribution >= 0.6 is 11.3 Å². The van der Waals surface area contributed by atoms with Gasteiger partial charge >= 0.3 is 0 Å². The summed E-state index contributed by atoms with van der Waals surface area (Å²) in [6, 6.07) is 13.6. The molecule has 4 nitrogen and oxygen atoms in total. The van der Waals surface area contributed by atoms with Crippen molar-refractivity contribution in [3.8, 4) is 17.0 Å². The van der Waals surface area contributed by atoms with Gasteiger partial charge in [0.2, 0.25) is 0 Å². The fraction of sp³-hybridized carbons (Fsp3) is 0.158. The lowest BCUT2D eigenvalue weighted by atomic mass is 10.1. The first-order chi connectivity index (χ1) is 11.7. The Balaban J connectivity index is 1.53. The summed E-state index contributed by atoms with van der Waals surface area (Å²) < 4.78 is 5.55. The van der Waals surface area contributed by atoms with Crippen LogP contribution in [0.4, 0.5) is 0 Å². The highest BCUT2D eigenvalue weighted by Crippen LogP contribution is 2.20. The lowest BCUT2D eigenvalue weighted by molar-refractivity contribution is -0.123. The first kappa shape index (κ1) is 16.2. The van der Waals surface area contributed by atoms with Crippen LogP contribution in [0.5, 0.6) is 5.75 Å². The van der Waals surface area contributed by atoms with Crippen LogP contribution in [0.15, 0.2) is 59.4 Å². The topological polar surface area (TPSA) is 51.2 Å². The fourth-order valence-corrected chi connectivity index (χ4v) is 2.92. The number of amides is 1. The number of hydrogen-bond acceptors (Lipinski definition) is 4. The number of thiophene rings is 1. The number of hydrogen-bond donors (Lipinski definition) is 1. The summed E-state index contributed by atoms with van der Waals surface area (Å²) in [4.78, 5) is 16.3. The summed E-state index contributed by atoms with van der Waals surface area (Å²) in [5.74, 6) is 0.587. The molecule has 1 aromatic carbocycles. The van der Waals surface area contributed by atoms with Gasteiger partial charge in [0.1, 0.15) is 5.75 Å². The van der Waals surface area contributed by atoms with E-state index in [1.807, 2.05) is 54.8 Å². The van der Waals surface area contributed by atoms with E-state index in [1.54, 1.807) is 17.5 Å². The lowest BCUT2D eigenvalue weighted by Gasteiger charge is -2.09. The molecule has 0 fully saturated rings. The second-order valence-electron chi connectivity index (χ2n) is 5.39. The van der Waals surface area contributed by atoms with Crippen LogP contribution in [0.3, 0.4) is 0 Å². The molecule has 0 aliphatic carbocycles. The monoisotopic (exact) mass is 338 g/mol. The number of aryl methyl sites for hydroxylation is 1. The molecule has 3 aromatic rings. The van der Waals surface area contributed by atoms with Crippen LogP contribution in [0.1, 0.15) is 11.1 Å². The Morgan fingerprint density at radius 1 is 1.25 bits per heavy atom. The molecule has 1 amide bonds. The number of pyridine rings is 1. The first-order valence-electron chi connectivity index (χ1n) is 7.65. The van der Waals surface area contributed by atoms with Gasteiger partial charge in [-0.15, -0.1) is 0 Å². The number of carbonyl (C=O) groups is 1. The minimum absolute atomic E-state index is 0.00727. The van der Waals surface area contributed by atoms with Gasteiger partial charge in [-0.25, -0.2) is 0 Å². The molecule has 3 rings (SSSR count). The van der Waals surface area contributed by atoms with E-state index in [2.05, 4.69) is 15.7 Å². The van der Waals surface area contributed by atoms with Gasteiger partial charge in [-0.2, -0.15) is 11.3 Å². The van der Waals surface area contributed by atoms with E-state index >= 15 is 0 Å². The van der Waals surface area contributed by atoms with Crippen molar-refractivity contribution >= 4 is 17.2 Å². The van der Waals surface area contributed by atoms with Gasteiger partial charge in [0, 0.05) is 23.7 Å². The summed E-state index contributed by atoms with van der Waals surface area (Å²) in [5, 5.41) is 6.95. The zero-order valence-electron chi connectivity index (χ0n) is 13.4. The van der Waals surface area contributed by atoms with Crippen molar-refractivity contribution in [2.24, 2.45) is 0 Å². The molecule has 0 atom stereocenters. The van der Waals surface area contributed by atoms with E-state index in [4.69, 9.17) is 4.74 Å². The zero-order chi connectivity index (χ0) is 16.8. The van der Waals surface area contributed by atoms with Crippen molar-refractivity contribution in [2.45, 2.75) is 13.5 Å². The minimum Gasteiger partial charge on any atom is -0.484 e. The summed E-state index contributed by atoms with van der Waals surface area (Å²) in [5.41, 5.74) is 4.03. The highest BCUT2D eigenvalue weighted by Gasteiger charge is 2.06. The fourth-order valence-electron chi connectivity index (χ4n) is 2.27. The molecule has 1 N–H and O–H groups in total. The summed E-state index contributed by atoms with van der Waals surface area (Å²) in [7, 11) is 0. The van der Waals surface area contributed by atoms with Crippen molar-refractivity contribution in [3.63, 3.8) is 0 Å². The molecule has 0 saturated heterocycles. The van der Waals surface area contributed by atoms with Crippen LogP contribution < -0.4 is 10.1 Å². The normalized spacial score (nSPS) is 10.4. The average molecular weight is 338 g/mol. The third kappa shape index (κ3) is 4.20. The van der Waals surface area contributed by atoms with Crippen LogP contribution in [0.25, 0.3) is 11.3 Å². The number of nitrogens with zero attached hydrogens (tertiary/aromatic N) is 1. The zero-order valence-corrected chi connectivity index (χ0v) is 14.2. The van der Waals surface area contributed by atoms with Crippen molar-refractivity contribution in [2.75, 3.05) is 6.61 Å². The number of nitrogens with one attached hydrogen (secondary N) is 1. The summed E-state index contributed by atoms with van der Waals surface area (Å²) in [6.07, 6.45) is 1.76. The molecule has 0 spiro atoms. The van der Waals surface area contributed by atoms with Crippen LogP contribution in [-0.2, 0) is 11.3 Å². The standard InChI is InChI=1S/C19H18N2O2S/c1-14-4-2-3-5-18(14)23-12-19(22)21-11-15-6-8-20-17(10-15)16-7-9-24-13-16/h2-10,13H,11-12H2,1H3,(H,21,22). The van der Waals surface area contributed by atoms with Crippen LogP contribution in [0, 0.1) is 6.92 Å². The van der Waals surface area contributed by atoms with Gasteiger partial charge in [-0.1, -0.05) is 18.2 Å². The Bertz CT molecular complexity index is 816. The third-order valence-electron chi connectivity index (χ3n) is 3.58. The second-order valence-corrected chi connectivity index (χ2v) is 6.17. The average Bonchev–Trinajstić information content (AvgIpc) is 3.14. The Kier molecular flexibility index (Phi) is 5.23. The number of aromatic nitrogens is 1. The molecular formula is C19H18N2O2S. The Labute approximate surface area is 145 Å². The van der Waals surface area contributed by atoms with Crippen molar-refractivity contribution in [1.82, 2.24) is 10.3 Å². The number of para-hydroxylation sites is 1. The van der Waals surface area contributed by atoms with Gasteiger partial charge in [0.05, 0.1) is 5.69 Å². The molecule has 0 aliphatic heterocycles. The maximum atomic E-state index is 12.0. The van der Waals surface area contributed by atoms with E-state index in [1.165, 1.54) is 0 Å². The van der Waals surface area contributed by atoms with Gasteiger partial charge in [-0.05, 0) is 47.7 Å². The molecular weight excluding hydrogens is 320 g/mol. The third-order valence-corrected chi connectivity index (χ3v) is 4.27. The molecule has 0 saturated carbocycles. The van der Waals surface area contributed by atoms with Gasteiger partial charge in [0.25, 0.3) is 5.91 Å². The largest absolute Gasteiger partial charge is 0.484 e.